The number of nitrogens with two attached hydrogens (primary N) is 2. The van der Waals surface area contributed by atoms with Gasteiger partial charge in [0.05, 0.1) is 25.9 Å². The number of aliphatic hydroxyl groups excluding tert-OH is 5. The number of aromatic nitrogens is 8. The molecule has 2 unspecified atom stereocenters. The van der Waals surface area contributed by atoms with E-state index in [0.29, 0.717) is 11.2 Å². The molecule has 30 nitrogen and oxygen atoms in total. The van der Waals surface area contributed by atoms with Gasteiger partial charge in [0.25, 0.3) is 5.75 Å². The number of nitrogens with zero attached hydrogens (tertiary/aromatic N) is 8. The molecule has 7 rings (SSSR count). The molecule has 0 spiro atoms. The number of halogens is 1. The molecular weight excluding hydrogens is 872 g/mol. The van der Waals surface area contributed by atoms with Gasteiger partial charge >= 0.3 is 31.3 Å². The van der Waals surface area contributed by atoms with Gasteiger partial charge in [-0.1, -0.05) is 11.6 Å². The normalized spacial score (nSPS) is 32.8. The van der Waals surface area contributed by atoms with Gasteiger partial charge in [-0.25, -0.2) is 57.2 Å². The van der Waals surface area contributed by atoms with Crippen molar-refractivity contribution in [3.63, 3.8) is 0 Å². The van der Waals surface area contributed by atoms with E-state index in [9.17, 15) is 43.6 Å². The molecule has 310 valence electrons. The number of ether oxygens (including phenoxy) is 2. The Hall–Kier alpha value is -2.73. The first-order valence-corrected chi connectivity index (χ1v) is 21.4. The summed E-state index contributed by atoms with van der Waals surface area (Å²) in [4.78, 5) is 50.6. The summed E-state index contributed by atoms with van der Waals surface area (Å²) < 4.78 is 87.0. The SMILES string of the molecule is Nc1ncnc2c1ncn2[C@@H]1O[C@H](CO)[C@@H](O)[C@H]1O.Nc1ncnc2c1ncn2[C@@H]1O[C@H](COP(=O)(OP(=O)(O)OP(=O)(O)O)OP2(=O)OC(Cl)O2)[C@@H](O)[C@H]1O. The third-order valence-corrected chi connectivity index (χ3v) is 14.3. The Balaban J connectivity index is 0.000000233. The van der Waals surface area contributed by atoms with Crippen LogP contribution < -0.4 is 11.5 Å². The number of anilines is 2. The molecule has 4 aromatic rings. The first-order chi connectivity index (χ1) is 26.1. The Bertz CT molecular complexity index is 2260. The van der Waals surface area contributed by atoms with Crippen molar-refractivity contribution in [1.29, 1.82) is 0 Å². The smallest absolute Gasteiger partial charge is 0.394 e. The number of imidazole rings is 2. The largest absolute Gasteiger partial charge is 0.492 e. The average Bonchev–Trinajstić information content (AvgIpc) is 3.84. The quantitative estimate of drug-likeness (QED) is 0.0548. The van der Waals surface area contributed by atoms with Crippen LogP contribution in [0.25, 0.3) is 22.3 Å². The molecule has 0 bridgehead atoms. The van der Waals surface area contributed by atoms with Crippen molar-refractivity contribution in [1.82, 2.24) is 39.0 Å². The van der Waals surface area contributed by atoms with E-state index in [1.54, 1.807) is 0 Å². The van der Waals surface area contributed by atoms with Crippen LogP contribution in [0.5, 0.6) is 0 Å². The van der Waals surface area contributed by atoms with Gasteiger partial charge in [-0.3, -0.25) is 13.7 Å². The Labute approximate surface area is 314 Å². The molecule has 3 fully saturated rings. The second-order valence-corrected chi connectivity index (χ2v) is 18.0. The minimum absolute atomic E-state index is 0.00681. The number of aliphatic hydroxyl groups is 5. The molecule has 4 aromatic heterocycles. The molecule has 12 N–H and O–H groups in total. The lowest BCUT2D eigenvalue weighted by Gasteiger charge is -2.31. The minimum Gasteiger partial charge on any atom is -0.394 e. The summed E-state index contributed by atoms with van der Waals surface area (Å²) in [5, 5.41) is 49.6. The van der Waals surface area contributed by atoms with Crippen molar-refractivity contribution in [2.24, 2.45) is 0 Å². The fraction of sp³-hybridized carbons (Fsp3) is 0.524. The zero-order chi connectivity index (χ0) is 41.0. The van der Waals surface area contributed by atoms with E-state index in [2.05, 4.69) is 51.9 Å². The maximum atomic E-state index is 12.9. The van der Waals surface area contributed by atoms with Crippen molar-refractivity contribution in [3.05, 3.63) is 25.3 Å². The molecule has 3 aliphatic heterocycles. The van der Waals surface area contributed by atoms with Crippen molar-refractivity contribution < 1.29 is 94.4 Å². The number of phosphoric acid groups is 4. The minimum atomic E-state index is -5.93. The van der Waals surface area contributed by atoms with E-state index >= 15 is 0 Å². The van der Waals surface area contributed by atoms with Crippen LogP contribution in [0, 0.1) is 0 Å². The molecule has 0 aromatic carbocycles. The summed E-state index contributed by atoms with van der Waals surface area (Å²) in [6.07, 6.45) is -5.57. The molecule has 0 amide bonds. The number of fused-ring (bicyclic) bond motifs is 2. The molecule has 0 saturated carbocycles. The average molecular weight is 901 g/mol. The summed E-state index contributed by atoms with van der Waals surface area (Å²) >= 11 is 5.31. The van der Waals surface area contributed by atoms with Crippen LogP contribution in [0.15, 0.2) is 25.3 Å². The van der Waals surface area contributed by atoms with E-state index in [0.717, 1.165) is 12.7 Å². The van der Waals surface area contributed by atoms with Gasteiger partial charge in [0.1, 0.15) is 60.3 Å². The van der Waals surface area contributed by atoms with Crippen LogP contribution in [0.3, 0.4) is 0 Å². The lowest BCUT2D eigenvalue weighted by Crippen LogP contribution is -2.33. The van der Waals surface area contributed by atoms with Gasteiger partial charge in [0, 0.05) is 0 Å². The molecular formula is C21H29ClN10O20P4. The first-order valence-electron chi connectivity index (χ1n) is 15.0. The number of phosphoric ester groups is 1. The van der Waals surface area contributed by atoms with Gasteiger partial charge in [-0.15, -0.1) is 0 Å². The highest BCUT2D eigenvalue weighted by atomic mass is 35.5. The molecule has 10 atom stereocenters. The first kappa shape index (κ1) is 42.9. The van der Waals surface area contributed by atoms with Gasteiger partial charge < -0.3 is 61.2 Å². The second-order valence-electron chi connectivity index (χ2n) is 11.3. The third-order valence-electron chi connectivity index (χ3n) is 7.61. The summed E-state index contributed by atoms with van der Waals surface area (Å²) in [7, 11) is -22.1. The van der Waals surface area contributed by atoms with Crippen LogP contribution in [-0.2, 0) is 54.2 Å². The van der Waals surface area contributed by atoms with Crippen molar-refractivity contribution in [2.75, 3.05) is 24.7 Å². The molecule has 3 saturated heterocycles. The second kappa shape index (κ2) is 16.1. The predicted octanol–water partition coefficient (Wildman–Crippen LogP) is -1.91. The molecule has 0 aliphatic carbocycles. The van der Waals surface area contributed by atoms with Gasteiger partial charge in [0.2, 0.25) is 0 Å². The molecule has 35 heteroatoms. The monoisotopic (exact) mass is 900 g/mol. The van der Waals surface area contributed by atoms with Crippen molar-refractivity contribution in [2.45, 2.75) is 54.8 Å². The summed E-state index contributed by atoms with van der Waals surface area (Å²) in [5.41, 5.74) is 12.4. The van der Waals surface area contributed by atoms with Gasteiger partial charge in [-0.2, -0.15) is 12.9 Å². The van der Waals surface area contributed by atoms with Crippen LogP contribution >= 0.6 is 42.9 Å². The topological polar surface area (TPSA) is 443 Å². The number of alkyl halides is 1. The fourth-order valence-corrected chi connectivity index (χ4v) is 11.1. The van der Waals surface area contributed by atoms with Crippen molar-refractivity contribution >= 4 is 76.9 Å². The summed E-state index contributed by atoms with van der Waals surface area (Å²) in [6, 6.07) is 0. The Morgan fingerprint density at radius 2 is 1.25 bits per heavy atom. The van der Waals surface area contributed by atoms with Gasteiger partial charge in [-0.05, 0) is 0 Å². The standard InChI is InChI=1S/C11H16ClN5O16P4.C10H13N5O4/c12-11-29-37(26,30-11)33-36(25,32-35(23,24)31-34(20,21)22)27-1-4-6(18)7(19)10(28-4)17-3-16-5-8(13)14-2-15-9(5)17;11-8-5-9(13-2-12-8)15(3-14-5)10-7(18)6(17)4(1-16)19-10/h2-4,6-7,10-11,18-19H,1H2,(H,23,24)(H2,13,14,15)(H2,20,21,22);2-4,6-7,10,16-18H,1H2,(H2,11,12,13)/t4-,6-,7-,10-,11?,36?,37?;4-,6-,7-,10-/m11/s1. The fourth-order valence-electron chi connectivity index (χ4n) is 5.19. The number of hydrogen-bond donors (Lipinski definition) is 10. The van der Waals surface area contributed by atoms with Crippen LogP contribution in [-0.4, -0.2) is 135 Å². The maximum Gasteiger partial charge on any atom is 0.492 e. The zero-order valence-corrected chi connectivity index (χ0v) is 31.6. The highest BCUT2D eigenvalue weighted by Crippen LogP contribution is 2.76. The lowest BCUT2D eigenvalue weighted by atomic mass is 10.1. The molecule has 0 radical (unpaired) electrons. The Morgan fingerprint density at radius 3 is 1.70 bits per heavy atom. The van der Waals surface area contributed by atoms with E-state index < -0.39 is 99.3 Å². The van der Waals surface area contributed by atoms with E-state index in [4.69, 9.17) is 52.0 Å². The van der Waals surface area contributed by atoms with E-state index in [1.165, 1.54) is 21.8 Å². The van der Waals surface area contributed by atoms with E-state index in [-0.39, 0.29) is 22.8 Å². The van der Waals surface area contributed by atoms with Gasteiger partial charge in [0.15, 0.2) is 35.4 Å². The molecule has 56 heavy (non-hydrogen) atoms. The highest BCUT2D eigenvalue weighted by molar-refractivity contribution is 7.70. The number of rotatable bonds is 12. The zero-order valence-electron chi connectivity index (χ0n) is 27.3. The Kier molecular flexibility index (Phi) is 12.4. The maximum absolute atomic E-state index is 12.9. The Morgan fingerprint density at radius 1 is 0.768 bits per heavy atom. The molecule has 3 aliphatic rings. The van der Waals surface area contributed by atoms with Crippen LogP contribution in [0.1, 0.15) is 12.5 Å². The summed E-state index contributed by atoms with van der Waals surface area (Å²) in [5.74, 6) is -1.41. The summed E-state index contributed by atoms with van der Waals surface area (Å²) in [6.45, 7) is -1.46. The number of hydrogen-bond acceptors (Lipinski definition) is 25. The van der Waals surface area contributed by atoms with E-state index in [1.807, 2.05) is 0 Å². The van der Waals surface area contributed by atoms with Crippen molar-refractivity contribution in [3.8, 4) is 0 Å². The lowest BCUT2D eigenvalue weighted by molar-refractivity contribution is -0.0660. The van der Waals surface area contributed by atoms with Crippen LogP contribution in [0.2, 0.25) is 0 Å². The molecule has 7 heterocycles. The highest BCUT2D eigenvalue weighted by Gasteiger charge is 2.55. The van der Waals surface area contributed by atoms with Crippen LogP contribution in [0.4, 0.5) is 11.6 Å². The predicted molar refractivity (Wildman–Crippen MR) is 177 cm³/mol. The third kappa shape index (κ3) is 9.11. The number of nitrogen functional groups attached to an aromatic ring is 2.